The molecule has 0 spiro atoms. The van der Waals surface area contributed by atoms with Gasteiger partial charge in [-0.15, -0.1) is 0 Å². The molecule has 0 saturated heterocycles. The number of hydrogen-bond donors (Lipinski definition) is 1. The molecule has 0 radical (unpaired) electrons. The summed E-state index contributed by atoms with van der Waals surface area (Å²) in [7, 11) is 0. The molecule has 0 heterocycles. The van der Waals surface area contributed by atoms with Crippen molar-refractivity contribution in [1.29, 1.82) is 0 Å². The van der Waals surface area contributed by atoms with Gasteiger partial charge in [0.15, 0.2) is 0 Å². The Morgan fingerprint density at radius 1 is 0.950 bits per heavy atom. The predicted octanol–water partition coefficient (Wildman–Crippen LogP) is 4.08. The molecule has 0 amide bonds. The SMILES string of the molecule is Cc1cc(C)c(CNCCc2cccc(F)c2)cc1C. The van der Waals surface area contributed by atoms with Crippen molar-refractivity contribution >= 4 is 0 Å². The lowest BCUT2D eigenvalue weighted by atomic mass is 10.0. The van der Waals surface area contributed by atoms with Crippen LogP contribution >= 0.6 is 0 Å². The molecule has 0 bridgehead atoms. The van der Waals surface area contributed by atoms with Crippen LogP contribution in [0.25, 0.3) is 0 Å². The number of rotatable bonds is 5. The Labute approximate surface area is 120 Å². The van der Waals surface area contributed by atoms with E-state index in [9.17, 15) is 4.39 Å². The standard InChI is InChI=1S/C18H22FN/c1-13-9-15(3)17(10-14(13)2)12-20-8-7-16-5-4-6-18(19)11-16/h4-6,9-11,20H,7-8,12H2,1-3H3. The molecule has 0 aromatic heterocycles. The molecule has 20 heavy (non-hydrogen) atoms. The van der Waals surface area contributed by atoms with Gasteiger partial charge in [0.05, 0.1) is 0 Å². The smallest absolute Gasteiger partial charge is 0.123 e. The first-order valence-electron chi connectivity index (χ1n) is 7.08. The third-order valence-corrected chi connectivity index (χ3v) is 3.75. The Balaban J connectivity index is 1.86. The molecule has 0 atom stereocenters. The van der Waals surface area contributed by atoms with Crippen LogP contribution in [0, 0.1) is 26.6 Å². The van der Waals surface area contributed by atoms with Crippen LogP contribution in [0.1, 0.15) is 27.8 Å². The molecule has 106 valence electrons. The van der Waals surface area contributed by atoms with Gasteiger partial charge in [-0.05, 0) is 73.7 Å². The average molecular weight is 271 g/mol. The zero-order chi connectivity index (χ0) is 14.5. The normalized spacial score (nSPS) is 10.8. The molecule has 2 rings (SSSR count). The molecule has 2 heteroatoms. The van der Waals surface area contributed by atoms with Crippen molar-refractivity contribution in [3.05, 3.63) is 70.0 Å². The number of halogens is 1. The number of nitrogens with one attached hydrogen (secondary N) is 1. The summed E-state index contributed by atoms with van der Waals surface area (Å²) in [5, 5.41) is 3.43. The summed E-state index contributed by atoms with van der Waals surface area (Å²) in [6, 6.07) is 11.3. The fraction of sp³-hybridized carbons (Fsp3) is 0.333. The highest BCUT2D eigenvalue weighted by Crippen LogP contribution is 2.15. The summed E-state index contributed by atoms with van der Waals surface area (Å²) in [6.07, 6.45) is 0.849. The Kier molecular flexibility index (Phi) is 4.91. The summed E-state index contributed by atoms with van der Waals surface area (Å²) < 4.78 is 13.1. The van der Waals surface area contributed by atoms with Crippen LogP contribution < -0.4 is 5.32 Å². The first kappa shape index (κ1) is 14.7. The molecular formula is C18H22FN. The fourth-order valence-corrected chi connectivity index (χ4v) is 2.36. The summed E-state index contributed by atoms with van der Waals surface area (Å²) in [5.41, 5.74) is 6.37. The van der Waals surface area contributed by atoms with E-state index in [1.807, 2.05) is 6.07 Å². The Morgan fingerprint density at radius 3 is 2.45 bits per heavy atom. The summed E-state index contributed by atoms with van der Waals surface area (Å²) >= 11 is 0. The van der Waals surface area contributed by atoms with Crippen LogP contribution in [-0.2, 0) is 13.0 Å². The molecule has 1 N–H and O–H groups in total. The lowest BCUT2D eigenvalue weighted by molar-refractivity contribution is 0.622. The first-order valence-corrected chi connectivity index (χ1v) is 7.08. The second-order valence-corrected chi connectivity index (χ2v) is 5.42. The van der Waals surface area contributed by atoms with E-state index >= 15 is 0 Å². The third-order valence-electron chi connectivity index (χ3n) is 3.75. The highest BCUT2D eigenvalue weighted by atomic mass is 19.1. The summed E-state index contributed by atoms with van der Waals surface area (Å²) in [5.74, 6) is -0.160. The summed E-state index contributed by atoms with van der Waals surface area (Å²) in [6.45, 7) is 8.16. The van der Waals surface area contributed by atoms with Gasteiger partial charge in [-0.2, -0.15) is 0 Å². The highest BCUT2D eigenvalue weighted by molar-refractivity contribution is 5.36. The number of aryl methyl sites for hydroxylation is 3. The molecule has 2 aromatic rings. The van der Waals surface area contributed by atoms with Gasteiger partial charge in [0.1, 0.15) is 5.82 Å². The van der Waals surface area contributed by atoms with Crippen LogP contribution in [0.15, 0.2) is 36.4 Å². The van der Waals surface area contributed by atoms with Crippen molar-refractivity contribution < 1.29 is 4.39 Å². The van der Waals surface area contributed by atoms with Crippen molar-refractivity contribution in [2.45, 2.75) is 33.7 Å². The second-order valence-electron chi connectivity index (χ2n) is 5.42. The third kappa shape index (κ3) is 3.91. The van der Waals surface area contributed by atoms with Crippen molar-refractivity contribution in [2.75, 3.05) is 6.54 Å². The van der Waals surface area contributed by atoms with Crippen LogP contribution in [0.2, 0.25) is 0 Å². The molecule has 2 aromatic carbocycles. The number of benzene rings is 2. The van der Waals surface area contributed by atoms with Gasteiger partial charge < -0.3 is 5.32 Å². The van der Waals surface area contributed by atoms with Gasteiger partial charge in [0.25, 0.3) is 0 Å². The van der Waals surface area contributed by atoms with E-state index in [0.717, 1.165) is 25.1 Å². The quantitative estimate of drug-likeness (QED) is 0.808. The lowest BCUT2D eigenvalue weighted by Gasteiger charge is -2.11. The number of hydrogen-bond acceptors (Lipinski definition) is 1. The maximum atomic E-state index is 13.1. The highest BCUT2D eigenvalue weighted by Gasteiger charge is 2.02. The molecule has 0 aliphatic carbocycles. The van der Waals surface area contributed by atoms with E-state index in [4.69, 9.17) is 0 Å². The van der Waals surface area contributed by atoms with Crippen molar-refractivity contribution in [2.24, 2.45) is 0 Å². The molecule has 0 fully saturated rings. The van der Waals surface area contributed by atoms with Crippen LogP contribution in [0.4, 0.5) is 4.39 Å². The Morgan fingerprint density at radius 2 is 1.70 bits per heavy atom. The van der Waals surface area contributed by atoms with Gasteiger partial charge in [-0.3, -0.25) is 0 Å². The molecule has 0 unspecified atom stereocenters. The summed E-state index contributed by atoms with van der Waals surface area (Å²) in [4.78, 5) is 0. The van der Waals surface area contributed by atoms with Crippen LogP contribution in [0.5, 0.6) is 0 Å². The minimum atomic E-state index is -0.160. The van der Waals surface area contributed by atoms with E-state index in [1.165, 1.54) is 28.3 Å². The van der Waals surface area contributed by atoms with Crippen LogP contribution in [0.3, 0.4) is 0 Å². The van der Waals surface area contributed by atoms with Crippen molar-refractivity contribution in [1.82, 2.24) is 5.32 Å². The molecular weight excluding hydrogens is 249 g/mol. The van der Waals surface area contributed by atoms with Crippen LogP contribution in [-0.4, -0.2) is 6.54 Å². The van der Waals surface area contributed by atoms with Gasteiger partial charge in [0.2, 0.25) is 0 Å². The Hall–Kier alpha value is -1.67. The fourth-order valence-electron chi connectivity index (χ4n) is 2.36. The van der Waals surface area contributed by atoms with Gasteiger partial charge >= 0.3 is 0 Å². The lowest BCUT2D eigenvalue weighted by Crippen LogP contribution is -2.17. The predicted molar refractivity (Wildman–Crippen MR) is 82.5 cm³/mol. The average Bonchev–Trinajstić information content (AvgIpc) is 2.40. The van der Waals surface area contributed by atoms with E-state index in [1.54, 1.807) is 12.1 Å². The molecule has 0 aliphatic rings. The Bertz CT molecular complexity index is 590. The van der Waals surface area contributed by atoms with Gasteiger partial charge in [-0.25, -0.2) is 4.39 Å². The monoisotopic (exact) mass is 271 g/mol. The van der Waals surface area contributed by atoms with Crippen molar-refractivity contribution in [3.8, 4) is 0 Å². The van der Waals surface area contributed by atoms with Crippen molar-refractivity contribution in [3.63, 3.8) is 0 Å². The second kappa shape index (κ2) is 6.67. The minimum Gasteiger partial charge on any atom is -0.312 e. The zero-order valence-electron chi connectivity index (χ0n) is 12.5. The minimum absolute atomic E-state index is 0.160. The van der Waals surface area contributed by atoms with E-state index < -0.39 is 0 Å². The van der Waals surface area contributed by atoms with Gasteiger partial charge in [-0.1, -0.05) is 24.3 Å². The van der Waals surface area contributed by atoms with Gasteiger partial charge in [0, 0.05) is 6.54 Å². The zero-order valence-corrected chi connectivity index (χ0v) is 12.5. The van der Waals surface area contributed by atoms with E-state index in [0.29, 0.717) is 0 Å². The largest absolute Gasteiger partial charge is 0.312 e. The topological polar surface area (TPSA) is 12.0 Å². The molecule has 0 aliphatic heterocycles. The molecule has 0 saturated carbocycles. The first-order chi connectivity index (χ1) is 9.56. The van der Waals surface area contributed by atoms with E-state index in [-0.39, 0.29) is 5.82 Å². The molecule has 1 nitrogen and oxygen atoms in total. The maximum absolute atomic E-state index is 13.1. The maximum Gasteiger partial charge on any atom is 0.123 e. The van der Waals surface area contributed by atoms with E-state index in [2.05, 4.69) is 38.2 Å².